The van der Waals surface area contributed by atoms with Crippen molar-refractivity contribution in [1.82, 2.24) is 14.5 Å². The Balaban J connectivity index is 1.33. The van der Waals surface area contributed by atoms with Gasteiger partial charge in [0.2, 0.25) is 0 Å². The molecule has 4 aromatic rings. The number of hydrogen-bond donors (Lipinski definition) is 1. The molecular weight excluding hydrogens is 462 g/mol. The summed E-state index contributed by atoms with van der Waals surface area (Å²) in [6.07, 6.45) is 10.4. The summed E-state index contributed by atoms with van der Waals surface area (Å²) in [5.41, 5.74) is 3.28. The first-order chi connectivity index (χ1) is 17.5. The fourth-order valence-corrected chi connectivity index (χ4v) is 4.90. The molecule has 0 bridgehead atoms. The van der Waals surface area contributed by atoms with E-state index in [1.807, 2.05) is 18.2 Å². The third-order valence-electron chi connectivity index (χ3n) is 6.87. The van der Waals surface area contributed by atoms with E-state index in [4.69, 9.17) is 0 Å². The van der Waals surface area contributed by atoms with Gasteiger partial charge in [0.15, 0.2) is 11.6 Å². The fraction of sp³-hybridized carbons (Fsp3) is 0.143. The largest absolute Gasteiger partial charge is 0.320 e. The molecule has 1 saturated carbocycles. The molecule has 178 valence electrons. The van der Waals surface area contributed by atoms with E-state index < -0.39 is 28.6 Å². The number of halogens is 2. The third-order valence-corrected chi connectivity index (χ3v) is 6.87. The van der Waals surface area contributed by atoms with Gasteiger partial charge < -0.3 is 9.88 Å². The summed E-state index contributed by atoms with van der Waals surface area (Å²) in [6.45, 7) is 0. The molecule has 3 heterocycles. The molecular formula is C28H20F2N4O2. The second kappa shape index (κ2) is 8.34. The molecule has 6 nitrogen and oxygen atoms in total. The van der Waals surface area contributed by atoms with Crippen LogP contribution in [0.5, 0.6) is 0 Å². The Labute approximate surface area is 205 Å². The smallest absolute Gasteiger partial charge is 0.264 e. The van der Waals surface area contributed by atoms with Gasteiger partial charge in [-0.2, -0.15) is 0 Å². The number of amides is 1. The number of rotatable bonds is 5. The maximum Gasteiger partial charge on any atom is 0.264 e. The van der Waals surface area contributed by atoms with Crippen LogP contribution in [0.1, 0.15) is 45.6 Å². The van der Waals surface area contributed by atoms with E-state index in [1.165, 1.54) is 16.7 Å². The second-order valence-electron chi connectivity index (χ2n) is 8.95. The Hall–Kier alpha value is -4.46. The standard InChI is InChI=1S/C28H20F2N4O2/c29-22-7-5-17(15-23(22)30)28(10-11-28)34-14-2-4-21(27(34)36)26(35)33-25-16-31-13-9-20(25)18-6-8-24-19(18)3-1-12-32-24/h1-7,9,12-16H,8,10-11H2,(H,33,35). The number of aromatic nitrogens is 3. The maximum atomic E-state index is 13.9. The van der Waals surface area contributed by atoms with Crippen LogP contribution in [0.4, 0.5) is 14.5 Å². The number of carbonyl (C=O) groups is 1. The van der Waals surface area contributed by atoms with Crippen LogP contribution in [0.2, 0.25) is 0 Å². The van der Waals surface area contributed by atoms with Crippen LogP contribution in [0.3, 0.4) is 0 Å². The second-order valence-corrected chi connectivity index (χ2v) is 8.95. The van der Waals surface area contributed by atoms with E-state index >= 15 is 0 Å². The molecule has 2 aliphatic rings. The quantitative estimate of drug-likeness (QED) is 0.448. The van der Waals surface area contributed by atoms with Crippen molar-refractivity contribution in [3.05, 3.63) is 129 Å². The molecule has 1 amide bonds. The zero-order valence-electron chi connectivity index (χ0n) is 19.0. The van der Waals surface area contributed by atoms with Crippen LogP contribution >= 0.6 is 0 Å². The lowest BCUT2D eigenvalue weighted by atomic mass is 10.0. The molecule has 2 aliphatic carbocycles. The highest BCUT2D eigenvalue weighted by Gasteiger charge is 2.47. The maximum absolute atomic E-state index is 13.9. The van der Waals surface area contributed by atoms with Crippen LogP contribution in [0.15, 0.2) is 84.2 Å². The predicted octanol–water partition coefficient (Wildman–Crippen LogP) is 4.69. The average Bonchev–Trinajstić information content (AvgIpc) is 3.58. The van der Waals surface area contributed by atoms with Crippen molar-refractivity contribution in [3.63, 3.8) is 0 Å². The minimum atomic E-state index is -0.970. The van der Waals surface area contributed by atoms with Crippen LogP contribution in [0.25, 0.3) is 5.57 Å². The predicted molar refractivity (Wildman–Crippen MR) is 131 cm³/mol. The van der Waals surface area contributed by atoms with Crippen LogP contribution in [-0.2, 0) is 12.0 Å². The van der Waals surface area contributed by atoms with E-state index in [0.717, 1.165) is 34.5 Å². The zero-order chi connectivity index (χ0) is 24.9. The molecule has 0 aliphatic heterocycles. The Bertz CT molecular complexity index is 1620. The van der Waals surface area contributed by atoms with Crippen molar-refractivity contribution < 1.29 is 13.6 Å². The normalized spacial score (nSPS) is 15.2. The SMILES string of the molecule is O=C(Nc1cnccc1C1=CCc2ncccc21)c1cccn(C2(c3ccc(F)c(F)c3)CC2)c1=O. The highest BCUT2D eigenvalue weighted by atomic mass is 19.2. The van der Waals surface area contributed by atoms with Crippen molar-refractivity contribution in [1.29, 1.82) is 0 Å². The summed E-state index contributed by atoms with van der Waals surface area (Å²) in [4.78, 5) is 35.3. The van der Waals surface area contributed by atoms with E-state index in [2.05, 4.69) is 21.4 Å². The molecule has 0 spiro atoms. The minimum Gasteiger partial charge on any atom is -0.320 e. The Morgan fingerprint density at radius 3 is 2.67 bits per heavy atom. The highest BCUT2D eigenvalue weighted by Crippen LogP contribution is 2.48. The molecule has 1 N–H and O–H groups in total. The van der Waals surface area contributed by atoms with Crippen LogP contribution in [0, 0.1) is 11.6 Å². The van der Waals surface area contributed by atoms with Crippen LogP contribution < -0.4 is 10.9 Å². The van der Waals surface area contributed by atoms with Crippen molar-refractivity contribution in [3.8, 4) is 0 Å². The van der Waals surface area contributed by atoms with Crippen molar-refractivity contribution in [2.45, 2.75) is 24.8 Å². The van der Waals surface area contributed by atoms with E-state index in [9.17, 15) is 18.4 Å². The Morgan fingerprint density at radius 1 is 1.00 bits per heavy atom. The van der Waals surface area contributed by atoms with Gasteiger partial charge in [-0.25, -0.2) is 8.78 Å². The Morgan fingerprint density at radius 2 is 1.86 bits per heavy atom. The topological polar surface area (TPSA) is 76.9 Å². The summed E-state index contributed by atoms with van der Waals surface area (Å²) in [7, 11) is 0. The molecule has 0 unspecified atom stereocenters. The monoisotopic (exact) mass is 482 g/mol. The first-order valence-electron chi connectivity index (χ1n) is 11.6. The molecule has 8 heteroatoms. The zero-order valence-corrected chi connectivity index (χ0v) is 19.0. The lowest BCUT2D eigenvalue weighted by molar-refractivity contribution is 0.102. The van der Waals surface area contributed by atoms with Crippen molar-refractivity contribution >= 4 is 17.2 Å². The van der Waals surface area contributed by atoms with Gasteiger partial charge in [-0.3, -0.25) is 19.6 Å². The lowest BCUT2D eigenvalue weighted by Crippen LogP contribution is -2.35. The first kappa shape index (κ1) is 22.0. The van der Waals surface area contributed by atoms with E-state index in [1.54, 1.807) is 30.9 Å². The molecule has 3 aromatic heterocycles. The van der Waals surface area contributed by atoms with Gasteiger partial charge in [0.1, 0.15) is 5.56 Å². The van der Waals surface area contributed by atoms with E-state index in [-0.39, 0.29) is 5.56 Å². The number of hydrogen-bond acceptors (Lipinski definition) is 4. The summed E-state index contributed by atoms with van der Waals surface area (Å²) in [5, 5.41) is 2.85. The van der Waals surface area contributed by atoms with Gasteiger partial charge in [-0.05, 0) is 60.4 Å². The van der Waals surface area contributed by atoms with E-state index in [0.29, 0.717) is 30.5 Å². The molecule has 1 fully saturated rings. The summed E-state index contributed by atoms with van der Waals surface area (Å²) >= 11 is 0. The Kier molecular flexibility index (Phi) is 5.10. The summed E-state index contributed by atoms with van der Waals surface area (Å²) in [5.74, 6) is -2.49. The van der Waals surface area contributed by atoms with Crippen molar-refractivity contribution in [2.75, 3.05) is 5.32 Å². The van der Waals surface area contributed by atoms with Crippen molar-refractivity contribution in [2.24, 2.45) is 0 Å². The number of nitrogens with zero attached hydrogens (tertiary/aromatic N) is 3. The van der Waals surface area contributed by atoms with Gasteiger partial charge in [-0.15, -0.1) is 0 Å². The van der Waals surface area contributed by atoms with Gasteiger partial charge in [0, 0.05) is 36.1 Å². The average molecular weight is 482 g/mol. The summed E-state index contributed by atoms with van der Waals surface area (Å²) in [6, 6.07) is 12.4. The van der Waals surface area contributed by atoms with Gasteiger partial charge in [0.05, 0.1) is 23.1 Å². The minimum absolute atomic E-state index is 0.0522. The number of allylic oxidation sites excluding steroid dienone is 1. The first-order valence-corrected chi connectivity index (χ1v) is 11.6. The van der Waals surface area contributed by atoms with Gasteiger partial charge in [0.25, 0.3) is 11.5 Å². The van der Waals surface area contributed by atoms with Gasteiger partial charge in [-0.1, -0.05) is 18.2 Å². The molecule has 1 aromatic carbocycles. The molecule has 36 heavy (non-hydrogen) atoms. The number of benzene rings is 1. The van der Waals surface area contributed by atoms with Gasteiger partial charge >= 0.3 is 0 Å². The highest BCUT2D eigenvalue weighted by molar-refractivity contribution is 6.06. The van der Waals surface area contributed by atoms with Crippen LogP contribution in [-0.4, -0.2) is 20.4 Å². The lowest BCUT2D eigenvalue weighted by Gasteiger charge is -2.20. The number of fused-ring (bicyclic) bond motifs is 1. The molecule has 0 saturated heterocycles. The number of pyridine rings is 3. The molecule has 6 rings (SSSR count). The number of carbonyl (C=O) groups excluding carboxylic acids is 1. The fourth-order valence-electron chi connectivity index (χ4n) is 4.90. The number of nitrogens with one attached hydrogen (secondary N) is 1. The molecule has 0 radical (unpaired) electrons. The third kappa shape index (κ3) is 3.53. The number of anilines is 1. The molecule has 0 atom stereocenters. The summed E-state index contributed by atoms with van der Waals surface area (Å²) < 4.78 is 28.8.